The third kappa shape index (κ3) is 4.01. The second-order valence-electron chi connectivity index (χ2n) is 5.83. The Hall–Kier alpha value is -1.04. The fourth-order valence-corrected chi connectivity index (χ4v) is 2.13. The van der Waals surface area contributed by atoms with Crippen molar-refractivity contribution in [2.45, 2.75) is 60.8 Å². The molecule has 1 aliphatic rings. The van der Waals surface area contributed by atoms with Crippen LogP contribution in [0.25, 0.3) is 0 Å². The van der Waals surface area contributed by atoms with Crippen molar-refractivity contribution in [2.24, 2.45) is 5.92 Å². The molecule has 0 N–H and O–H groups in total. The van der Waals surface area contributed by atoms with Gasteiger partial charge in [-0.1, -0.05) is 50.1 Å². The molecule has 0 radical (unpaired) electrons. The Bertz CT molecular complexity index is 411. The fourth-order valence-electron chi connectivity index (χ4n) is 2.13. The highest BCUT2D eigenvalue weighted by Crippen LogP contribution is 2.29. The van der Waals surface area contributed by atoms with Gasteiger partial charge in [-0.25, -0.2) is 0 Å². The largest absolute Gasteiger partial charge is 0.0707 e. The van der Waals surface area contributed by atoms with Gasteiger partial charge in [0.2, 0.25) is 0 Å². The van der Waals surface area contributed by atoms with Crippen LogP contribution in [0.2, 0.25) is 0 Å². The zero-order valence-corrected chi connectivity index (χ0v) is 12.9. The highest BCUT2D eigenvalue weighted by molar-refractivity contribution is 5.54. The molecule has 0 heterocycles. The van der Waals surface area contributed by atoms with Gasteiger partial charge in [0.05, 0.1) is 0 Å². The lowest BCUT2D eigenvalue weighted by Crippen LogP contribution is -1.90. The maximum absolute atomic E-state index is 2.34. The summed E-state index contributed by atoms with van der Waals surface area (Å²) in [5.41, 5.74) is 7.30. The van der Waals surface area contributed by atoms with Crippen molar-refractivity contribution in [2.75, 3.05) is 0 Å². The predicted molar refractivity (Wildman–Crippen MR) is 82.7 cm³/mol. The number of hydrogen-bond donors (Lipinski definition) is 0. The van der Waals surface area contributed by atoms with Gasteiger partial charge in [-0.15, -0.1) is 0 Å². The van der Waals surface area contributed by atoms with Crippen LogP contribution in [-0.2, 0) is 0 Å². The molecule has 0 amide bonds. The highest BCUT2D eigenvalue weighted by atomic mass is 14.2. The van der Waals surface area contributed by atoms with Gasteiger partial charge in [-0.3, -0.25) is 0 Å². The standard InChI is InChI=1S/C18H28/c1-7-14(4)15(5)12-18-11-10-17(16(18)6)9-8-13(2)3/h10-13H,7-9H2,1-6H3/b15-14+,18-12-. The SMILES string of the molecule is CC/C(C)=C(C)/C=C1/C=CC(CCC(C)C)=C1C. The minimum Gasteiger partial charge on any atom is -0.0707 e. The average molecular weight is 244 g/mol. The molecule has 0 saturated heterocycles. The van der Waals surface area contributed by atoms with Crippen molar-refractivity contribution in [3.05, 3.63) is 46.1 Å². The molecular weight excluding hydrogens is 216 g/mol. The van der Waals surface area contributed by atoms with Crippen LogP contribution in [0, 0.1) is 5.92 Å². The van der Waals surface area contributed by atoms with Gasteiger partial charge in [-0.05, 0) is 62.7 Å². The van der Waals surface area contributed by atoms with Crippen molar-refractivity contribution in [3.63, 3.8) is 0 Å². The summed E-state index contributed by atoms with van der Waals surface area (Å²) in [6, 6.07) is 0. The molecule has 0 aromatic rings. The number of allylic oxidation sites excluding steroid dienone is 8. The molecule has 1 aliphatic carbocycles. The predicted octanol–water partition coefficient (Wildman–Crippen LogP) is 5.98. The summed E-state index contributed by atoms with van der Waals surface area (Å²) >= 11 is 0. The van der Waals surface area contributed by atoms with Gasteiger partial charge in [0, 0.05) is 0 Å². The summed E-state index contributed by atoms with van der Waals surface area (Å²) in [7, 11) is 0. The van der Waals surface area contributed by atoms with Gasteiger partial charge in [0.15, 0.2) is 0 Å². The zero-order valence-electron chi connectivity index (χ0n) is 12.9. The first-order valence-electron chi connectivity index (χ1n) is 7.22. The second-order valence-corrected chi connectivity index (χ2v) is 5.83. The lowest BCUT2D eigenvalue weighted by atomic mass is 9.98. The summed E-state index contributed by atoms with van der Waals surface area (Å²) in [6.45, 7) is 13.5. The Labute approximate surface area is 113 Å². The van der Waals surface area contributed by atoms with E-state index in [9.17, 15) is 0 Å². The van der Waals surface area contributed by atoms with Crippen LogP contribution in [0.5, 0.6) is 0 Å². The maximum atomic E-state index is 2.34. The molecule has 0 spiro atoms. The Morgan fingerprint density at radius 3 is 2.44 bits per heavy atom. The molecule has 0 aromatic carbocycles. The van der Waals surface area contributed by atoms with E-state index in [-0.39, 0.29) is 0 Å². The molecule has 0 nitrogen and oxygen atoms in total. The first-order chi connectivity index (χ1) is 8.45. The minimum atomic E-state index is 0.788. The Kier molecular flexibility index (Phi) is 5.65. The monoisotopic (exact) mass is 244 g/mol. The third-order valence-corrected chi connectivity index (χ3v) is 3.95. The van der Waals surface area contributed by atoms with Crippen molar-refractivity contribution < 1.29 is 0 Å². The smallest absolute Gasteiger partial charge is 0.0222 e. The molecule has 1 rings (SSSR count). The van der Waals surface area contributed by atoms with E-state index in [1.54, 1.807) is 0 Å². The Morgan fingerprint density at radius 2 is 1.89 bits per heavy atom. The van der Waals surface area contributed by atoms with E-state index in [4.69, 9.17) is 0 Å². The van der Waals surface area contributed by atoms with Crippen molar-refractivity contribution in [1.82, 2.24) is 0 Å². The van der Waals surface area contributed by atoms with Gasteiger partial charge in [0.1, 0.15) is 0 Å². The summed E-state index contributed by atoms with van der Waals surface area (Å²) in [4.78, 5) is 0. The van der Waals surface area contributed by atoms with Crippen LogP contribution in [0.1, 0.15) is 60.8 Å². The lowest BCUT2D eigenvalue weighted by molar-refractivity contribution is 0.587. The summed E-state index contributed by atoms with van der Waals surface area (Å²) in [6.07, 6.45) is 10.6. The van der Waals surface area contributed by atoms with E-state index < -0.39 is 0 Å². The molecule has 0 unspecified atom stereocenters. The number of rotatable bonds is 5. The van der Waals surface area contributed by atoms with Crippen LogP contribution in [0.4, 0.5) is 0 Å². The van der Waals surface area contributed by atoms with Crippen molar-refractivity contribution >= 4 is 0 Å². The summed E-state index contributed by atoms with van der Waals surface area (Å²) in [5, 5.41) is 0. The van der Waals surface area contributed by atoms with Crippen molar-refractivity contribution in [1.29, 1.82) is 0 Å². The molecule has 0 bridgehead atoms. The van der Waals surface area contributed by atoms with Crippen LogP contribution >= 0.6 is 0 Å². The van der Waals surface area contributed by atoms with Gasteiger partial charge in [-0.2, -0.15) is 0 Å². The second kappa shape index (κ2) is 6.78. The molecular formula is C18H28. The molecule has 0 atom stereocenters. The van der Waals surface area contributed by atoms with Crippen LogP contribution in [0.3, 0.4) is 0 Å². The first-order valence-corrected chi connectivity index (χ1v) is 7.22. The normalized spacial score (nSPS) is 19.2. The van der Waals surface area contributed by atoms with E-state index in [1.165, 1.54) is 40.7 Å². The molecule has 0 saturated carbocycles. The summed E-state index contributed by atoms with van der Waals surface area (Å²) < 4.78 is 0. The van der Waals surface area contributed by atoms with Gasteiger partial charge < -0.3 is 0 Å². The molecule has 100 valence electrons. The van der Waals surface area contributed by atoms with E-state index in [0.717, 1.165) is 12.3 Å². The van der Waals surface area contributed by atoms with E-state index in [2.05, 4.69) is 59.8 Å². The third-order valence-electron chi connectivity index (χ3n) is 3.95. The molecule has 18 heavy (non-hydrogen) atoms. The summed E-state index contributed by atoms with van der Waals surface area (Å²) in [5.74, 6) is 0.788. The molecule has 0 aromatic heterocycles. The molecule has 0 heteroatoms. The van der Waals surface area contributed by atoms with Crippen molar-refractivity contribution in [3.8, 4) is 0 Å². The number of hydrogen-bond acceptors (Lipinski definition) is 0. The topological polar surface area (TPSA) is 0 Å². The lowest BCUT2D eigenvalue weighted by Gasteiger charge is -2.07. The average Bonchev–Trinajstić information content (AvgIpc) is 2.67. The van der Waals surface area contributed by atoms with E-state index in [0.29, 0.717) is 0 Å². The van der Waals surface area contributed by atoms with Crippen LogP contribution < -0.4 is 0 Å². The van der Waals surface area contributed by atoms with E-state index >= 15 is 0 Å². The minimum absolute atomic E-state index is 0.788. The van der Waals surface area contributed by atoms with Gasteiger partial charge >= 0.3 is 0 Å². The Morgan fingerprint density at radius 1 is 1.22 bits per heavy atom. The fraction of sp³-hybridized carbons (Fsp3) is 0.556. The maximum Gasteiger partial charge on any atom is -0.0222 e. The quantitative estimate of drug-likeness (QED) is 0.558. The van der Waals surface area contributed by atoms with Crippen LogP contribution in [-0.4, -0.2) is 0 Å². The molecule has 0 fully saturated rings. The van der Waals surface area contributed by atoms with Gasteiger partial charge in [0.25, 0.3) is 0 Å². The zero-order chi connectivity index (χ0) is 13.7. The molecule has 0 aliphatic heterocycles. The first kappa shape index (κ1) is 15.0. The van der Waals surface area contributed by atoms with Crippen LogP contribution in [0.15, 0.2) is 46.1 Å². The van der Waals surface area contributed by atoms with E-state index in [1.807, 2.05) is 0 Å². The highest BCUT2D eigenvalue weighted by Gasteiger charge is 2.10. The Balaban J connectivity index is 2.84.